The molecule has 0 bridgehead atoms. The summed E-state index contributed by atoms with van der Waals surface area (Å²) in [7, 11) is 1.42. The van der Waals surface area contributed by atoms with Crippen LogP contribution in [0.5, 0.6) is 5.75 Å². The molecule has 2 fully saturated rings. The van der Waals surface area contributed by atoms with E-state index < -0.39 is 10.7 Å². The van der Waals surface area contributed by atoms with Crippen molar-refractivity contribution in [3.63, 3.8) is 0 Å². The lowest BCUT2D eigenvalue weighted by Gasteiger charge is -2.22. The van der Waals surface area contributed by atoms with Gasteiger partial charge in [-0.05, 0) is 25.0 Å². The standard InChI is InChI=1S/C15H20N2O5/c1-20-13-6-4-5-12(14(13)17(18)19)16-9-11-10-21-15(22-11)7-2-3-8-15/h4-6,11,16H,2-3,7-10H2,1H3/t11-/m1/s1. The van der Waals surface area contributed by atoms with Gasteiger partial charge in [-0.1, -0.05) is 6.07 Å². The molecule has 0 amide bonds. The van der Waals surface area contributed by atoms with E-state index in [9.17, 15) is 10.1 Å². The molecule has 7 heteroatoms. The highest BCUT2D eigenvalue weighted by Crippen LogP contribution is 2.39. The van der Waals surface area contributed by atoms with Gasteiger partial charge >= 0.3 is 5.69 Å². The average molecular weight is 308 g/mol. The molecule has 0 aromatic heterocycles. The first kappa shape index (κ1) is 15.1. The van der Waals surface area contributed by atoms with E-state index in [0.29, 0.717) is 18.8 Å². The highest BCUT2D eigenvalue weighted by Gasteiger charge is 2.43. The normalized spacial score (nSPS) is 22.9. The summed E-state index contributed by atoms with van der Waals surface area (Å²) in [6.45, 7) is 0.987. The molecule has 0 radical (unpaired) electrons. The number of hydrogen-bond donors (Lipinski definition) is 1. The van der Waals surface area contributed by atoms with Crippen molar-refractivity contribution in [3.8, 4) is 5.75 Å². The van der Waals surface area contributed by atoms with Crippen molar-refractivity contribution >= 4 is 11.4 Å². The molecule has 120 valence electrons. The third-order valence-electron chi connectivity index (χ3n) is 4.20. The van der Waals surface area contributed by atoms with E-state index in [-0.39, 0.29) is 17.5 Å². The van der Waals surface area contributed by atoms with Gasteiger partial charge in [0.15, 0.2) is 11.5 Å². The molecule has 2 aliphatic rings. The van der Waals surface area contributed by atoms with Gasteiger partial charge < -0.3 is 19.5 Å². The smallest absolute Gasteiger partial charge is 0.333 e. The summed E-state index contributed by atoms with van der Waals surface area (Å²) >= 11 is 0. The number of anilines is 1. The molecule has 1 spiro atoms. The minimum Gasteiger partial charge on any atom is -0.490 e. The number of rotatable bonds is 5. The topological polar surface area (TPSA) is 82.9 Å². The summed E-state index contributed by atoms with van der Waals surface area (Å²) in [6.07, 6.45) is 4.03. The second kappa shape index (κ2) is 6.10. The van der Waals surface area contributed by atoms with Crippen molar-refractivity contribution in [3.05, 3.63) is 28.3 Å². The molecule has 1 aliphatic heterocycles. The third kappa shape index (κ3) is 2.86. The van der Waals surface area contributed by atoms with E-state index in [1.807, 2.05) is 0 Å². The summed E-state index contributed by atoms with van der Waals surface area (Å²) in [6, 6.07) is 4.96. The molecule has 1 aromatic rings. The van der Waals surface area contributed by atoms with E-state index in [1.54, 1.807) is 18.2 Å². The Labute approximate surface area is 128 Å². The lowest BCUT2D eigenvalue weighted by Crippen LogP contribution is -2.29. The molecule has 1 heterocycles. The van der Waals surface area contributed by atoms with Gasteiger partial charge in [0.2, 0.25) is 0 Å². The van der Waals surface area contributed by atoms with E-state index in [1.165, 1.54) is 7.11 Å². The summed E-state index contributed by atoms with van der Waals surface area (Å²) < 4.78 is 16.9. The van der Waals surface area contributed by atoms with Crippen molar-refractivity contribution < 1.29 is 19.1 Å². The van der Waals surface area contributed by atoms with Crippen LogP contribution in [0.1, 0.15) is 25.7 Å². The first-order valence-corrected chi connectivity index (χ1v) is 7.50. The molecule has 1 aliphatic carbocycles. The zero-order valence-electron chi connectivity index (χ0n) is 12.5. The lowest BCUT2D eigenvalue weighted by atomic mass is 10.2. The van der Waals surface area contributed by atoms with Crippen LogP contribution in [-0.2, 0) is 9.47 Å². The second-order valence-electron chi connectivity index (χ2n) is 5.66. The van der Waals surface area contributed by atoms with Crippen LogP contribution >= 0.6 is 0 Å². The minimum absolute atomic E-state index is 0.0560. The largest absolute Gasteiger partial charge is 0.490 e. The lowest BCUT2D eigenvalue weighted by molar-refractivity contribution is -0.384. The van der Waals surface area contributed by atoms with Crippen LogP contribution in [0.2, 0.25) is 0 Å². The van der Waals surface area contributed by atoms with E-state index >= 15 is 0 Å². The van der Waals surface area contributed by atoms with Gasteiger partial charge in [-0.15, -0.1) is 0 Å². The van der Waals surface area contributed by atoms with Gasteiger partial charge in [-0.3, -0.25) is 10.1 Å². The Morgan fingerprint density at radius 3 is 2.91 bits per heavy atom. The van der Waals surface area contributed by atoms with E-state index in [2.05, 4.69) is 5.32 Å². The monoisotopic (exact) mass is 308 g/mol. The van der Waals surface area contributed by atoms with Gasteiger partial charge in [-0.2, -0.15) is 0 Å². The number of para-hydroxylation sites is 1. The first-order chi connectivity index (χ1) is 10.6. The van der Waals surface area contributed by atoms with Gasteiger partial charge in [0.05, 0.1) is 18.6 Å². The molecule has 1 saturated heterocycles. The number of benzene rings is 1. The molecule has 22 heavy (non-hydrogen) atoms. The van der Waals surface area contributed by atoms with Crippen LogP contribution in [0.4, 0.5) is 11.4 Å². The van der Waals surface area contributed by atoms with Crippen LogP contribution in [-0.4, -0.2) is 37.1 Å². The molecule has 3 rings (SSSR count). The first-order valence-electron chi connectivity index (χ1n) is 7.50. The Kier molecular flexibility index (Phi) is 4.17. The van der Waals surface area contributed by atoms with E-state index in [4.69, 9.17) is 14.2 Å². The Bertz CT molecular complexity index is 557. The zero-order chi connectivity index (χ0) is 15.6. The fourth-order valence-corrected chi connectivity index (χ4v) is 3.13. The highest BCUT2D eigenvalue weighted by molar-refractivity contribution is 5.68. The van der Waals surface area contributed by atoms with Gasteiger partial charge in [-0.25, -0.2) is 0 Å². The highest BCUT2D eigenvalue weighted by atomic mass is 16.7. The van der Waals surface area contributed by atoms with Crippen LogP contribution in [0, 0.1) is 10.1 Å². The van der Waals surface area contributed by atoms with Crippen LogP contribution in [0.3, 0.4) is 0 Å². The maximum absolute atomic E-state index is 11.2. The van der Waals surface area contributed by atoms with Crippen molar-refractivity contribution in [1.29, 1.82) is 0 Å². The predicted molar refractivity (Wildman–Crippen MR) is 80.2 cm³/mol. The quantitative estimate of drug-likeness (QED) is 0.665. The number of ether oxygens (including phenoxy) is 3. The summed E-state index contributed by atoms with van der Waals surface area (Å²) in [5.41, 5.74) is 0.375. The Morgan fingerprint density at radius 2 is 2.23 bits per heavy atom. The fraction of sp³-hybridized carbons (Fsp3) is 0.600. The van der Waals surface area contributed by atoms with Crippen molar-refractivity contribution in [1.82, 2.24) is 0 Å². The number of nitrogens with zero attached hydrogens (tertiary/aromatic N) is 1. The Morgan fingerprint density at radius 1 is 1.45 bits per heavy atom. The minimum atomic E-state index is -0.439. The van der Waals surface area contributed by atoms with Crippen LogP contribution in [0.15, 0.2) is 18.2 Å². The summed E-state index contributed by atoms with van der Waals surface area (Å²) in [5.74, 6) is -0.169. The van der Waals surface area contributed by atoms with Gasteiger partial charge in [0.1, 0.15) is 11.8 Å². The van der Waals surface area contributed by atoms with Crippen molar-refractivity contribution in [2.45, 2.75) is 37.6 Å². The molecule has 1 aromatic carbocycles. The molecule has 0 unspecified atom stereocenters. The molecule has 7 nitrogen and oxygen atoms in total. The number of nitro groups is 1. The third-order valence-corrected chi connectivity index (χ3v) is 4.20. The zero-order valence-corrected chi connectivity index (χ0v) is 12.5. The number of hydrogen-bond acceptors (Lipinski definition) is 6. The molecular formula is C15H20N2O5. The summed E-state index contributed by atoms with van der Waals surface area (Å²) in [4.78, 5) is 10.8. The maximum atomic E-state index is 11.2. The number of nitrogens with one attached hydrogen (secondary N) is 1. The summed E-state index contributed by atoms with van der Waals surface area (Å²) in [5, 5.41) is 14.3. The van der Waals surface area contributed by atoms with Crippen LogP contribution < -0.4 is 10.1 Å². The van der Waals surface area contributed by atoms with Crippen LogP contribution in [0.25, 0.3) is 0 Å². The Hall–Kier alpha value is -1.86. The average Bonchev–Trinajstić information content (AvgIpc) is 3.14. The molecule has 1 N–H and O–H groups in total. The fourth-order valence-electron chi connectivity index (χ4n) is 3.13. The van der Waals surface area contributed by atoms with E-state index in [0.717, 1.165) is 25.7 Å². The number of methoxy groups -OCH3 is 1. The molecular weight excluding hydrogens is 288 g/mol. The maximum Gasteiger partial charge on any atom is 0.333 e. The SMILES string of the molecule is COc1cccc(NC[C@@H]2COC3(CCCC3)O2)c1[N+](=O)[O-]. The molecule has 1 saturated carbocycles. The second-order valence-corrected chi connectivity index (χ2v) is 5.66. The van der Waals surface area contributed by atoms with Gasteiger partial charge in [0.25, 0.3) is 0 Å². The Balaban J connectivity index is 1.66. The van der Waals surface area contributed by atoms with Crippen molar-refractivity contribution in [2.75, 3.05) is 25.6 Å². The molecule has 1 atom stereocenters. The predicted octanol–water partition coefficient (Wildman–Crippen LogP) is 2.70. The number of nitro benzene ring substituents is 1. The van der Waals surface area contributed by atoms with Crippen molar-refractivity contribution in [2.24, 2.45) is 0 Å². The van der Waals surface area contributed by atoms with Gasteiger partial charge in [0, 0.05) is 19.4 Å².